The van der Waals surface area contributed by atoms with E-state index in [0.717, 1.165) is 18.5 Å². The van der Waals surface area contributed by atoms with E-state index in [1.807, 2.05) is 20.8 Å². The molecule has 6 heteroatoms. The van der Waals surface area contributed by atoms with Gasteiger partial charge >= 0.3 is 0 Å². The van der Waals surface area contributed by atoms with Crippen molar-refractivity contribution >= 4 is 21.4 Å². The summed E-state index contributed by atoms with van der Waals surface area (Å²) in [4.78, 5) is 2.40. The Kier molecular flexibility index (Phi) is 7.33. The Hall–Kier alpha value is -0.430. The van der Waals surface area contributed by atoms with Crippen molar-refractivity contribution in [2.24, 2.45) is 0 Å². The van der Waals surface area contributed by atoms with Crippen molar-refractivity contribution in [3.05, 3.63) is 21.4 Å². The summed E-state index contributed by atoms with van der Waals surface area (Å²) in [6.45, 7) is 11.0. The first-order chi connectivity index (χ1) is 9.71. The Bertz CT molecular complexity index is 536. The van der Waals surface area contributed by atoms with Gasteiger partial charge in [0.2, 0.25) is 10.0 Å². The molecule has 0 aliphatic rings. The standard InChI is InChI=1S/C15H28N2O2S2/c1-11(2)16-8-6-7-9-21(18,19)17-13(4)15-10-12(3)20-14(15)5/h10-11,13,16-17H,6-9H2,1-5H3. The van der Waals surface area contributed by atoms with Crippen LogP contribution in [0.25, 0.3) is 0 Å². The van der Waals surface area contributed by atoms with Crippen LogP contribution in [0.2, 0.25) is 0 Å². The fourth-order valence-electron chi connectivity index (χ4n) is 2.28. The van der Waals surface area contributed by atoms with E-state index in [1.165, 1.54) is 9.75 Å². The highest BCUT2D eigenvalue weighted by atomic mass is 32.2. The third kappa shape index (κ3) is 6.91. The van der Waals surface area contributed by atoms with Crippen molar-refractivity contribution in [3.63, 3.8) is 0 Å². The maximum absolute atomic E-state index is 12.1. The fraction of sp³-hybridized carbons (Fsp3) is 0.733. The molecule has 1 aromatic heterocycles. The van der Waals surface area contributed by atoms with Crippen molar-refractivity contribution < 1.29 is 8.42 Å². The second kappa shape index (κ2) is 8.27. The van der Waals surface area contributed by atoms with E-state index in [0.29, 0.717) is 12.5 Å². The fourth-order valence-corrected chi connectivity index (χ4v) is 4.67. The molecule has 0 radical (unpaired) electrons. The number of rotatable bonds is 9. The maximum Gasteiger partial charge on any atom is 0.212 e. The van der Waals surface area contributed by atoms with E-state index < -0.39 is 10.0 Å². The summed E-state index contributed by atoms with van der Waals surface area (Å²) in [5, 5.41) is 3.29. The predicted molar refractivity (Wildman–Crippen MR) is 91.5 cm³/mol. The minimum absolute atomic E-state index is 0.159. The van der Waals surface area contributed by atoms with E-state index in [4.69, 9.17) is 0 Å². The first kappa shape index (κ1) is 18.6. The van der Waals surface area contributed by atoms with Crippen LogP contribution in [0.15, 0.2) is 6.07 Å². The highest BCUT2D eigenvalue weighted by molar-refractivity contribution is 7.89. The first-order valence-corrected chi connectivity index (χ1v) is 9.98. The highest BCUT2D eigenvalue weighted by Crippen LogP contribution is 2.26. The Balaban J connectivity index is 2.43. The van der Waals surface area contributed by atoms with Gasteiger partial charge in [-0.05, 0) is 51.8 Å². The third-order valence-electron chi connectivity index (χ3n) is 3.29. The molecule has 21 heavy (non-hydrogen) atoms. The summed E-state index contributed by atoms with van der Waals surface area (Å²) in [6, 6.07) is 2.36. The monoisotopic (exact) mass is 332 g/mol. The van der Waals surface area contributed by atoms with E-state index in [-0.39, 0.29) is 11.8 Å². The number of hydrogen-bond acceptors (Lipinski definition) is 4. The van der Waals surface area contributed by atoms with Gasteiger partial charge in [0.1, 0.15) is 0 Å². The van der Waals surface area contributed by atoms with Gasteiger partial charge in [0.15, 0.2) is 0 Å². The molecule has 0 aliphatic carbocycles. The molecule has 0 bridgehead atoms. The lowest BCUT2D eigenvalue weighted by Crippen LogP contribution is -2.30. The van der Waals surface area contributed by atoms with Crippen LogP contribution in [0.1, 0.15) is 55.0 Å². The van der Waals surface area contributed by atoms with Crippen LogP contribution in [0.4, 0.5) is 0 Å². The molecular weight excluding hydrogens is 304 g/mol. The smallest absolute Gasteiger partial charge is 0.212 e. The maximum atomic E-state index is 12.1. The average molecular weight is 333 g/mol. The zero-order chi connectivity index (χ0) is 16.0. The molecule has 0 saturated heterocycles. The molecule has 2 N–H and O–H groups in total. The molecule has 4 nitrogen and oxygen atoms in total. The van der Waals surface area contributed by atoms with Crippen LogP contribution in [0, 0.1) is 13.8 Å². The molecule has 0 amide bonds. The molecule has 1 unspecified atom stereocenters. The number of aryl methyl sites for hydroxylation is 2. The van der Waals surface area contributed by atoms with Gasteiger partial charge in [-0.1, -0.05) is 13.8 Å². The molecule has 1 heterocycles. The first-order valence-electron chi connectivity index (χ1n) is 7.51. The predicted octanol–water partition coefficient (Wildman–Crippen LogP) is 3.12. The molecule has 0 aliphatic heterocycles. The number of sulfonamides is 1. The molecule has 0 spiro atoms. The normalized spacial score (nSPS) is 13.8. The van der Waals surface area contributed by atoms with Gasteiger partial charge < -0.3 is 5.32 Å². The summed E-state index contributed by atoms with van der Waals surface area (Å²) in [5.41, 5.74) is 1.09. The molecule has 122 valence electrons. The SMILES string of the molecule is Cc1cc(C(C)NS(=O)(=O)CCCCNC(C)C)c(C)s1. The van der Waals surface area contributed by atoms with E-state index >= 15 is 0 Å². The average Bonchev–Trinajstić information content (AvgIpc) is 2.67. The summed E-state index contributed by atoms with van der Waals surface area (Å²) in [6.07, 6.45) is 1.56. The number of thiophene rings is 1. The van der Waals surface area contributed by atoms with Crippen LogP contribution in [-0.2, 0) is 10.0 Å². The summed E-state index contributed by atoms with van der Waals surface area (Å²) in [5.74, 6) is 0.194. The van der Waals surface area contributed by atoms with Crippen LogP contribution < -0.4 is 10.0 Å². The van der Waals surface area contributed by atoms with Crippen molar-refractivity contribution in [3.8, 4) is 0 Å². The van der Waals surface area contributed by atoms with E-state index in [9.17, 15) is 8.42 Å². The van der Waals surface area contributed by atoms with Crippen LogP contribution in [-0.4, -0.2) is 26.8 Å². The largest absolute Gasteiger partial charge is 0.315 e. The Morgan fingerprint density at radius 1 is 1.19 bits per heavy atom. The molecule has 1 aromatic rings. The quantitative estimate of drug-likeness (QED) is 0.683. The lowest BCUT2D eigenvalue weighted by atomic mass is 10.1. The Labute approximate surface area is 133 Å². The van der Waals surface area contributed by atoms with Crippen molar-refractivity contribution in [1.82, 2.24) is 10.0 Å². The Morgan fingerprint density at radius 2 is 1.86 bits per heavy atom. The number of nitrogens with one attached hydrogen (secondary N) is 2. The molecule has 0 aromatic carbocycles. The summed E-state index contributed by atoms with van der Waals surface area (Å²) in [7, 11) is -3.21. The van der Waals surface area contributed by atoms with Crippen LogP contribution in [0.3, 0.4) is 0 Å². The minimum Gasteiger partial charge on any atom is -0.315 e. The lowest BCUT2D eigenvalue weighted by molar-refractivity contribution is 0.549. The van der Waals surface area contributed by atoms with Crippen LogP contribution in [0.5, 0.6) is 0 Å². The molecule has 1 atom stereocenters. The van der Waals surface area contributed by atoms with Gasteiger partial charge in [-0.2, -0.15) is 0 Å². The van der Waals surface area contributed by atoms with Crippen LogP contribution >= 0.6 is 11.3 Å². The van der Waals surface area contributed by atoms with E-state index in [1.54, 1.807) is 11.3 Å². The number of unbranched alkanes of at least 4 members (excludes halogenated alkanes) is 1. The molecule has 0 saturated carbocycles. The van der Waals surface area contributed by atoms with E-state index in [2.05, 4.69) is 30.0 Å². The molecule has 1 rings (SSSR count). The van der Waals surface area contributed by atoms with Gasteiger partial charge in [-0.25, -0.2) is 13.1 Å². The summed E-state index contributed by atoms with van der Waals surface area (Å²) >= 11 is 1.71. The van der Waals surface area contributed by atoms with Crippen molar-refractivity contribution in [2.75, 3.05) is 12.3 Å². The molecular formula is C15H28N2O2S2. The van der Waals surface area contributed by atoms with Gasteiger partial charge in [-0.15, -0.1) is 11.3 Å². The number of hydrogen-bond donors (Lipinski definition) is 2. The Morgan fingerprint density at radius 3 is 2.38 bits per heavy atom. The zero-order valence-electron chi connectivity index (χ0n) is 13.7. The molecule has 0 fully saturated rings. The second-order valence-electron chi connectivity index (χ2n) is 5.84. The van der Waals surface area contributed by atoms with Gasteiger partial charge in [-0.3, -0.25) is 0 Å². The zero-order valence-corrected chi connectivity index (χ0v) is 15.3. The van der Waals surface area contributed by atoms with Crippen molar-refractivity contribution in [1.29, 1.82) is 0 Å². The van der Waals surface area contributed by atoms with Gasteiger partial charge in [0, 0.05) is 21.8 Å². The lowest BCUT2D eigenvalue weighted by Gasteiger charge is -2.14. The van der Waals surface area contributed by atoms with Gasteiger partial charge in [0.25, 0.3) is 0 Å². The van der Waals surface area contributed by atoms with Crippen molar-refractivity contribution in [2.45, 2.75) is 59.5 Å². The summed E-state index contributed by atoms with van der Waals surface area (Å²) < 4.78 is 27.0. The second-order valence-corrected chi connectivity index (χ2v) is 9.18. The minimum atomic E-state index is -3.21. The highest BCUT2D eigenvalue weighted by Gasteiger charge is 2.18. The topological polar surface area (TPSA) is 58.2 Å². The third-order valence-corrected chi connectivity index (χ3v) is 5.82. The van der Waals surface area contributed by atoms with Gasteiger partial charge in [0.05, 0.1) is 5.75 Å².